The SMILES string of the molecule is CN1CCC(N(C)C[C@H](NC(=O)Nc2ccc(F)cc2)c2ccccc2)CC1. The van der Waals surface area contributed by atoms with Crippen LogP contribution in [0.4, 0.5) is 14.9 Å². The van der Waals surface area contributed by atoms with Gasteiger partial charge in [-0.15, -0.1) is 0 Å². The highest BCUT2D eigenvalue weighted by Gasteiger charge is 2.24. The number of rotatable bonds is 6. The molecule has 0 radical (unpaired) electrons. The van der Waals surface area contributed by atoms with Gasteiger partial charge in [0.1, 0.15) is 5.82 Å². The molecule has 3 rings (SSSR count). The summed E-state index contributed by atoms with van der Waals surface area (Å²) in [5.41, 5.74) is 1.63. The van der Waals surface area contributed by atoms with Gasteiger partial charge in [0.15, 0.2) is 0 Å². The Hall–Kier alpha value is -2.44. The van der Waals surface area contributed by atoms with E-state index in [2.05, 4.69) is 34.5 Å². The van der Waals surface area contributed by atoms with Crippen molar-refractivity contribution in [2.24, 2.45) is 0 Å². The Kier molecular flexibility index (Phi) is 7.01. The summed E-state index contributed by atoms with van der Waals surface area (Å²) < 4.78 is 13.1. The number of amides is 2. The fourth-order valence-electron chi connectivity index (χ4n) is 3.65. The fourth-order valence-corrected chi connectivity index (χ4v) is 3.65. The lowest BCUT2D eigenvalue weighted by atomic mass is 10.0. The van der Waals surface area contributed by atoms with Crippen molar-refractivity contribution < 1.29 is 9.18 Å². The molecule has 0 aromatic heterocycles. The number of nitrogens with zero attached hydrogens (tertiary/aromatic N) is 2. The molecule has 1 aliphatic heterocycles. The standard InChI is InChI=1S/C22H29FN4O/c1-26-14-12-20(13-15-26)27(2)16-21(17-6-4-3-5-7-17)25-22(28)24-19-10-8-18(23)9-11-19/h3-11,20-21H,12-16H2,1-2H3,(H2,24,25,28)/t21-/m0/s1. The molecule has 0 saturated carbocycles. The number of hydrogen-bond acceptors (Lipinski definition) is 3. The Labute approximate surface area is 166 Å². The van der Waals surface area contributed by atoms with E-state index in [1.165, 1.54) is 12.1 Å². The normalized spacial score (nSPS) is 16.7. The highest BCUT2D eigenvalue weighted by atomic mass is 19.1. The molecule has 2 aromatic rings. The minimum Gasteiger partial charge on any atom is -0.330 e. The summed E-state index contributed by atoms with van der Waals surface area (Å²) >= 11 is 0. The van der Waals surface area contributed by atoms with E-state index in [-0.39, 0.29) is 17.9 Å². The van der Waals surface area contributed by atoms with Gasteiger partial charge in [0.25, 0.3) is 0 Å². The first kappa shape index (κ1) is 20.3. The summed E-state index contributed by atoms with van der Waals surface area (Å²) in [6.07, 6.45) is 2.27. The van der Waals surface area contributed by atoms with E-state index in [1.54, 1.807) is 12.1 Å². The van der Waals surface area contributed by atoms with E-state index >= 15 is 0 Å². The van der Waals surface area contributed by atoms with Crippen molar-refractivity contribution in [2.45, 2.75) is 24.9 Å². The maximum absolute atomic E-state index is 13.1. The molecule has 0 unspecified atom stereocenters. The van der Waals surface area contributed by atoms with Gasteiger partial charge in [-0.3, -0.25) is 0 Å². The molecular formula is C22H29FN4O. The van der Waals surface area contributed by atoms with Crippen molar-refractivity contribution in [3.63, 3.8) is 0 Å². The second-order valence-corrected chi connectivity index (χ2v) is 7.54. The molecule has 2 aromatic carbocycles. The number of piperidine rings is 1. The van der Waals surface area contributed by atoms with Crippen LogP contribution in [0.3, 0.4) is 0 Å². The number of hydrogen-bond donors (Lipinski definition) is 2. The Morgan fingerprint density at radius 1 is 1.14 bits per heavy atom. The molecular weight excluding hydrogens is 355 g/mol. The number of likely N-dealkylation sites (N-methyl/N-ethyl adjacent to an activating group) is 1. The Morgan fingerprint density at radius 3 is 2.43 bits per heavy atom. The zero-order valence-electron chi connectivity index (χ0n) is 16.6. The summed E-state index contributed by atoms with van der Waals surface area (Å²) in [5.74, 6) is -0.326. The molecule has 2 amide bonds. The Bertz CT molecular complexity index is 745. The van der Waals surface area contributed by atoms with Crippen LogP contribution in [0.5, 0.6) is 0 Å². The third kappa shape index (κ3) is 5.78. The van der Waals surface area contributed by atoms with Gasteiger partial charge in [-0.1, -0.05) is 30.3 Å². The van der Waals surface area contributed by atoms with Gasteiger partial charge in [-0.25, -0.2) is 9.18 Å². The summed E-state index contributed by atoms with van der Waals surface area (Å²) in [6, 6.07) is 15.9. The molecule has 2 N–H and O–H groups in total. The lowest BCUT2D eigenvalue weighted by Crippen LogP contribution is -2.46. The van der Waals surface area contributed by atoms with Crippen LogP contribution in [0.15, 0.2) is 54.6 Å². The third-order valence-electron chi connectivity index (χ3n) is 5.39. The zero-order chi connectivity index (χ0) is 19.9. The highest BCUT2D eigenvalue weighted by Crippen LogP contribution is 2.20. The van der Waals surface area contributed by atoms with Gasteiger partial charge in [0.05, 0.1) is 6.04 Å². The van der Waals surface area contributed by atoms with Crippen LogP contribution < -0.4 is 10.6 Å². The van der Waals surface area contributed by atoms with E-state index in [9.17, 15) is 9.18 Å². The van der Waals surface area contributed by atoms with E-state index in [0.717, 1.165) is 38.0 Å². The molecule has 1 atom stereocenters. The molecule has 0 aliphatic carbocycles. The fraction of sp³-hybridized carbons (Fsp3) is 0.409. The second kappa shape index (κ2) is 9.66. The number of carbonyl (C=O) groups is 1. The molecule has 28 heavy (non-hydrogen) atoms. The molecule has 150 valence electrons. The third-order valence-corrected chi connectivity index (χ3v) is 5.39. The number of anilines is 1. The number of halogens is 1. The minimum absolute atomic E-state index is 0.133. The quantitative estimate of drug-likeness (QED) is 0.798. The van der Waals surface area contributed by atoms with Gasteiger partial charge >= 0.3 is 6.03 Å². The first-order valence-corrected chi connectivity index (χ1v) is 9.78. The van der Waals surface area contributed by atoms with Crippen LogP contribution in [0, 0.1) is 5.82 Å². The number of nitrogens with one attached hydrogen (secondary N) is 2. The molecule has 1 aliphatic rings. The predicted molar refractivity (Wildman–Crippen MR) is 111 cm³/mol. The minimum atomic E-state index is -0.326. The molecule has 1 saturated heterocycles. The van der Waals surface area contributed by atoms with E-state index in [4.69, 9.17) is 0 Å². The smallest absolute Gasteiger partial charge is 0.319 e. The summed E-state index contributed by atoms with van der Waals surface area (Å²) in [4.78, 5) is 17.2. The number of benzene rings is 2. The van der Waals surface area contributed by atoms with Gasteiger partial charge in [-0.2, -0.15) is 0 Å². The second-order valence-electron chi connectivity index (χ2n) is 7.54. The molecule has 0 spiro atoms. The van der Waals surface area contributed by atoms with Gasteiger partial charge < -0.3 is 20.4 Å². The van der Waals surface area contributed by atoms with Crippen LogP contribution in [-0.4, -0.2) is 55.6 Å². The number of urea groups is 1. The average Bonchev–Trinajstić information content (AvgIpc) is 2.70. The van der Waals surface area contributed by atoms with Gasteiger partial charge in [-0.05, 0) is 69.9 Å². The number of carbonyl (C=O) groups excluding carboxylic acids is 1. The largest absolute Gasteiger partial charge is 0.330 e. The lowest BCUT2D eigenvalue weighted by molar-refractivity contribution is 0.135. The topological polar surface area (TPSA) is 47.6 Å². The van der Waals surface area contributed by atoms with Crippen molar-refractivity contribution in [3.8, 4) is 0 Å². The first-order chi connectivity index (χ1) is 13.5. The summed E-state index contributed by atoms with van der Waals surface area (Å²) in [6.45, 7) is 2.93. The molecule has 0 bridgehead atoms. The molecule has 1 heterocycles. The zero-order valence-corrected chi connectivity index (χ0v) is 16.6. The Balaban J connectivity index is 1.65. The lowest BCUT2D eigenvalue weighted by Gasteiger charge is -2.37. The highest BCUT2D eigenvalue weighted by molar-refractivity contribution is 5.89. The van der Waals surface area contributed by atoms with Gasteiger partial charge in [0, 0.05) is 18.3 Å². The maximum Gasteiger partial charge on any atom is 0.319 e. The number of likely N-dealkylation sites (tertiary alicyclic amines) is 1. The van der Waals surface area contributed by atoms with Crippen molar-refractivity contribution in [1.82, 2.24) is 15.1 Å². The predicted octanol–water partition coefficient (Wildman–Crippen LogP) is 3.71. The maximum atomic E-state index is 13.1. The van der Waals surface area contributed by atoms with Crippen molar-refractivity contribution in [2.75, 3.05) is 39.0 Å². The van der Waals surface area contributed by atoms with E-state index < -0.39 is 0 Å². The Morgan fingerprint density at radius 2 is 1.79 bits per heavy atom. The van der Waals surface area contributed by atoms with Crippen molar-refractivity contribution >= 4 is 11.7 Å². The summed E-state index contributed by atoms with van der Waals surface area (Å²) in [7, 11) is 4.29. The van der Waals surface area contributed by atoms with Crippen molar-refractivity contribution in [3.05, 3.63) is 66.0 Å². The van der Waals surface area contributed by atoms with Gasteiger partial charge in [0.2, 0.25) is 0 Å². The molecule has 1 fully saturated rings. The first-order valence-electron chi connectivity index (χ1n) is 9.78. The van der Waals surface area contributed by atoms with Crippen LogP contribution in [-0.2, 0) is 0 Å². The van der Waals surface area contributed by atoms with Crippen LogP contribution in [0.1, 0.15) is 24.4 Å². The van der Waals surface area contributed by atoms with E-state index in [1.807, 2.05) is 30.3 Å². The van der Waals surface area contributed by atoms with Crippen molar-refractivity contribution in [1.29, 1.82) is 0 Å². The molecule has 6 heteroatoms. The van der Waals surface area contributed by atoms with Crippen LogP contribution in [0.25, 0.3) is 0 Å². The van der Waals surface area contributed by atoms with Crippen LogP contribution in [0.2, 0.25) is 0 Å². The van der Waals surface area contributed by atoms with E-state index in [0.29, 0.717) is 11.7 Å². The summed E-state index contributed by atoms with van der Waals surface area (Å²) in [5, 5.41) is 5.87. The molecule has 5 nitrogen and oxygen atoms in total. The van der Waals surface area contributed by atoms with Crippen LogP contribution >= 0.6 is 0 Å². The average molecular weight is 384 g/mol. The monoisotopic (exact) mass is 384 g/mol.